The maximum absolute atomic E-state index is 8.56. The number of hydrogen-bond donors (Lipinski definition) is 1. The smallest absolute Gasteiger partial charge is 0.0814 e. The van der Waals surface area contributed by atoms with Crippen molar-refractivity contribution in [3.8, 4) is 0 Å². The second kappa shape index (κ2) is 21.3. The molecule has 0 radical (unpaired) electrons. The molecule has 0 saturated carbocycles. The van der Waals surface area contributed by atoms with Gasteiger partial charge in [-0.05, 0) is 12.8 Å². The molecule has 0 aliphatic heterocycles. The first kappa shape index (κ1) is 28.2. The van der Waals surface area contributed by atoms with Crippen LogP contribution in [-0.2, 0) is 11.4 Å². The predicted molar refractivity (Wildman–Crippen MR) is 114 cm³/mol. The third-order valence-electron chi connectivity index (χ3n) is 4.68. The molecular formula is C21H47NO3S. The minimum Gasteiger partial charge on any atom is -0.750 e. The van der Waals surface area contributed by atoms with Gasteiger partial charge in [0.15, 0.2) is 0 Å². The highest BCUT2D eigenvalue weighted by atomic mass is 32.2. The van der Waals surface area contributed by atoms with Crippen molar-refractivity contribution in [2.75, 3.05) is 27.7 Å². The van der Waals surface area contributed by atoms with Crippen molar-refractivity contribution in [1.29, 1.82) is 0 Å². The van der Waals surface area contributed by atoms with Crippen molar-refractivity contribution < 1.29 is 17.8 Å². The van der Waals surface area contributed by atoms with E-state index in [1.165, 1.54) is 109 Å². The summed E-state index contributed by atoms with van der Waals surface area (Å²) in [4.78, 5) is 0. The molecule has 160 valence electrons. The molecule has 5 heteroatoms. The van der Waals surface area contributed by atoms with Crippen LogP contribution in [0.25, 0.3) is 0 Å². The monoisotopic (exact) mass is 393 g/mol. The summed E-state index contributed by atoms with van der Waals surface area (Å²) in [5.74, 6) is 0. The first-order valence-corrected chi connectivity index (χ1v) is 11.9. The number of unbranched alkanes of at least 4 members (excludes halogenated alkanes) is 15. The van der Waals surface area contributed by atoms with E-state index in [2.05, 4.69) is 28.1 Å². The van der Waals surface area contributed by atoms with Crippen molar-refractivity contribution in [2.24, 2.45) is 0 Å². The molecule has 0 bridgehead atoms. The summed E-state index contributed by atoms with van der Waals surface area (Å²) in [6.45, 7) is 3.63. The van der Waals surface area contributed by atoms with E-state index >= 15 is 0 Å². The van der Waals surface area contributed by atoms with Gasteiger partial charge in [-0.15, -0.1) is 0 Å². The molecule has 0 amide bonds. The van der Waals surface area contributed by atoms with Crippen LogP contribution in [0.4, 0.5) is 0 Å². The van der Waals surface area contributed by atoms with Crippen LogP contribution >= 0.6 is 0 Å². The molecule has 0 aliphatic carbocycles. The molecule has 0 aliphatic rings. The highest BCUT2D eigenvalue weighted by molar-refractivity contribution is 7.73. The fourth-order valence-corrected chi connectivity index (χ4v) is 3.13. The van der Waals surface area contributed by atoms with Gasteiger partial charge in [-0.3, -0.25) is 0 Å². The molecule has 1 unspecified atom stereocenters. The van der Waals surface area contributed by atoms with Crippen molar-refractivity contribution in [3.63, 3.8) is 0 Å². The summed E-state index contributed by atoms with van der Waals surface area (Å²) in [7, 11) is 6.89. The summed E-state index contributed by atoms with van der Waals surface area (Å²) in [6.07, 6.45) is 23.4. The lowest BCUT2D eigenvalue weighted by atomic mass is 10.0. The number of rotatable bonds is 17. The fraction of sp³-hybridized carbons (Fsp3) is 1.00. The molecule has 0 fully saturated rings. The highest BCUT2D eigenvalue weighted by Crippen LogP contribution is 2.13. The quantitative estimate of drug-likeness (QED) is 0.179. The van der Waals surface area contributed by atoms with Gasteiger partial charge in [0.1, 0.15) is 0 Å². The Bertz CT molecular complexity index is 289. The van der Waals surface area contributed by atoms with Crippen LogP contribution in [0.3, 0.4) is 0 Å². The standard InChI is InChI=1S/C21H46N.H2O3S/c1-5-6-7-8-9-10-11-12-13-14-15-16-17-18-19-20-21-22(2,3)4;1-4(2)3/h5-21H2,1-4H3;(H2,1,2,3)/q+1;/p-1. The first-order valence-electron chi connectivity index (χ1n) is 10.9. The molecule has 4 nitrogen and oxygen atoms in total. The van der Waals surface area contributed by atoms with E-state index in [9.17, 15) is 0 Å². The molecule has 0 aromatic rings. The molecule has 0 spiro atoms. The van der Waals surface area contributed by atoms with E-state index < -0.39 is 11.4 Å². The zero-order chi connectivity index (χ0) is 20.1. The van der Waals surface area contributed by atoms with E-state index in [1.54, 1.807) is 0 Å². The fourth-order valence-electron chi connectivity index (χ4n) is 3.13. The van der Waals surface area contributed by atoms with Crippen LogP contribution in [-0.4, -0.2) is 45.5 Å². The minimum absolute atomic E-state index is 1.12. The molecule has 0 saturated heterocycles. The van der Waals surface area contributed by atoms with E-state index in [-0.39, 0.29) is 0 Å². The van der Waals surface area contributed by atoms with Gasteiger partial charge in [-0.25, -0.2) is 4.21 Å². The van der Waals surface area contributed by atoms with Gasteiger partial charge >= 0.3 is 0 Å². The van der Waals surface area contributed by atoms with Gasteiger partial charge in [0.05, 0.1) is 39.0 Å². The van der Waals surface area contributed by atoms with Crippen molar-refractivity contribution >= 4 is 11.4 Å². The lowest BCUT2D eigenvalue weighted by molar-refractivity contribution is -0.870. The lowest BCUT2D eigenvalue weighted by Crippen LogP contribution is -2.35. The average Bonchev–Trinajstić information content (AvgIpc) is 2.53. The molecule has 26 heavy (non-hydrogen) atoms. The molecule has 0 aromatic carbocycles. The van der Waals surface area contributed by atoms with Gasteiger partial charge in [0.25, 0.3) is 0 Å². The lowest BCUT2D eigenvalue weighted by Gasteiger charge is -2.23. The van der Waals surface area contributed by atoms with Crippen LogP contribution in [0.5, 0.6) is 0 Å². The summed E-state index contributed by atoms with van der Waals surface area (Å²) in [6, 6.07) is 0. The van der Waals surface area contributed by atoms with Crippen LogP contribution < -0.4 is 0 Å². The normalized spacial score (nSPS) is 12.5. The maximum atomic E-state index is 8.56. The van der Waals surface area contributed by atoms with Crippen LogP contribution in [0.15, 0.2) is 0 Å². The summed E-state index contributed by atoms with van der Waals surface area (Å²) < 4.78 is 25.2. The molecule has 0 aromatic heterocycles. The molecule has 1 atom stereocenters. The average molecular weight is 394 g/mol. The Kier molecular flexibility index (Phi) is 23.2. The van der Waals surface area contributed by atoms with E-state index in [4.69, 9.17) is 13.3 Å². The third-order valence-corrected chi connectivity index (χ3v) is 4.68. The predicted octanol–water partition coefficient (Wildman–Crippen LogP) is 6.29. The van der Waals surface area contributed by atoms with Crippen molar-refractivity contribution in [2.45, 2.75) is 110 Å². The molecular weight excluding hydrogens is 346 g/mol. The van der Waals surface area contributed by atoms with Gasteiger partial charge in [0.2, 0.25) is 0 Å². The molecule has 0 heterocycles. The first-order chi connectivity index (χ1) is 12.3. The Morgan fingerprint density at radius 2 is 0.885 bits per heavy atom. The number of quaternary nitrogens is 1. The Morgan fingerprint density at radius 1 is 0.654 bits per heavy atom. The van der Waals surface area contributed by atoms with Gasteiger partial charge in [0, 0.05) is 0 Å². The Balaban J connectivity index is 0. The second-order valence-electron chi connectivity index (χ2n) is 8.53. The Hall–Kier alpha value is 0.0300. The summed E-state index contributed by atoms with van der Waals surface area (Å²) >= 11 is -2.86. The Morgan fingerprint density at radius 3 is 1.12 bits per heavy atom. The highest BCUT2D eigenvalue weighted by Gasteiger charge is 2.04. The van der Waals surface area contributed by atoms with Crippen LogP contribution in [0.2, 0.25) is 0 Å². The van der Waals surface area contributed by atoms with Gasteiger partial charge in [-0.2, -0.15) is 0 Å². The van der Waals surface area contributed by atoms with Crippen molar-refractivity contribution in [3.05, 3.63) is 0 Å². The zero-order valence-corrected chi connectivity index (χ0v) is 19.0. The SMILES string of the molecule is CCCCCCCCCCCCCCCCCC[N+](C)(C)C.O=S([O-])O. The van der Waals surface area contributed by atoms with Gasteiger partial charge in [-0.1, -0.05) is 96.8 Å². The maximum Gasteiger partial charge on any atom is 0.0814 e. The van der Waals surface area contributed by atoms with Crippen LogP contribution in [0, 0.1) is 0 Å². The van der Waals surface area contributed by atoms with Crippen molar-refractivity contribution in [1.82, 2.24) is 0 Å². The topological polar surface area (TPSA) is 60.4 Å². The van der Waals surface area contributed by atoms with E-state index in [1.807, 2.05) is 0 Å². The minimum atomic E-state index is -2.86. The summed E-state index contributed by atoms with van der Waals surface area (Å²) in [5.41, 5.74) is 0. The van der Waals surface area contributed by atoms with E-state index in [0.717, 1.165) is 4.48 Å². The number of hydrogen-bond acceptors (Lipinski definition) is 2. The van der Waals surface area contributed by atoms with Crippen LogP contribution in [0.1, 0.15) is 110 Å². The zero-order valence-electron chi connectivity index (χ0n) is 18.1. The largest absolute Gasteiger partial charge is 0.750 e. The van der Waals surface area contributed by atoms with E-state index in [0.29, 0.717) is 0 Å². The Labute approximate surface area is 166 Å². The third kappa shape index (κ3) is 35.2. The summed E-state index contributed by atoms with van der Waals surface area (Å²) in [5, 5.41) is 0. The van der Waals surface area contributed by atoms with Gasteiger partial charge < -0.3 is 13.6 Å². The number of nitrogens with zero attached hydrogens (tertiary/aromatic N) is 1. The second-order valence-corrected chi connectivity index (χ2v) is 8.97. The molecule has 0 rings (SSSR count). The molecule has 1 N–H and O–H groups in total.